The molecular formula is C22H26N6O2. The number of aromatic nitrogens is 5. The molecule has 0 fully saturated rings. The fourth-order valence-electron chi connectivity index (χ4n) is 3.83. The molecule has 1 atom stereocenters. The van der Waals surface area contributed by atoms with Gasteiger partial charge in [-0.2, -0.15) is 4.80 Å². The highest BCUT2D eigenvalue weighted by Crippen LogP contribution is 2.23. The van der Waals surface area contributed by atoms with Gasteiger partial charge in [0.05, 0.1) is 13.0 Å². The minimum Gasteiger partial charge on any atom is -0.481 e. The zero-order valence-corrected chi connectivity index (χ0v) is 16.9. The molecule has 8 heteroatoms. The van der Waals surface area contributed by atoms with Gasteiger partial charge in [0.1, 0.15) is 5.82 Å². The Hall–Kier alpha value is -3.29. The van der Waals surface area contributed by atoms with Gasteiger partial charge in [-0.1, -0.05) is 36.4 Å². The van der Waals surface area contributed by atoms with E-state index in [1.165, 1.54) is 5.56 Å². The molecular weight excluding hydrogens is 380 g/mol. The van der Waals surface area contributed by atoms with Crippen molar-refractivity contribution in [3.05, 3.63) is 65.1 Å². The topological polar surface area (TPSA) is 106 Å². The Morgan fingerprint density at radius 2 is 2.07 bits per heavy atom. The third kappa shape index (κ3) is 5.20. The van der Waals surface area contributed by atoms with E-state index in [4.69, 9.17) is 4.98 Å². The van der Waals surface area contributed by atoms with Crippen LogP contribution in [0, 0.1) is 0 Å². The molecule has 0 bridgehead atoms. The number of nitrogens with one attached hydrogen (secondary N) is 1. The first kappa shape index (κ1) is 20.0. The molecule has 4 rings (SSSR count). The van der Waals surface area contributed by atoms with E-state index < -0.39 is 5.97 Å². The minimum atomic E-state index is -0.830. The molecule has 0 saturated heterocycles. The number of anilines is 1. The van der Waals surface area contributed by atoms with Crippen LogP contribution < -0.4 is 5.32 Å². The SMILES string of the molecule is O=C(O)CC(Cc1nnn(CCCc2ccc3c(n2)NCCC3)n1)c1ccccc1. The van der Waals surface area contributed by atoms with Gasteiger partial charge in [-0.15, -0.1) is 10.2 Å². The molecule has 8 nitrogen and oxygen atoms in total. The van der Waals surface area contributed by atoms with E-state index in [0.29, 0.717) is 18.8 Å². The number of aliphatic carboxylic acids is 1. The molecule has 1 aliphatic rings. The van der Waals surface area contributed by atoms with E-state index in [9.17, 15) is 9.90 Å². The Labute approximate surface area is 175 Å². The standard InChI is InChI=1S/C22H26N6O2/c29-21(30)15-18(16-6-2-1-3-7-16)14-20-25-27-28(26-20)13-5-9-19-11-10-17-8-4-12-23-22(17)24-19/h1-3,6-7,10-11,18H,4-5,8-9,12-15H2,(H,23,24)(H,29,30). The maximum absolute atomic E-state index is 11.3. The van der Waals surface area contributed by atoms with E-state index >= 15 is 0 Å². The maximum Gasteiger partial charge on any atom is 0.303 e. The number of fused-ring (bicyclic) bond motifs is 1. The van der Waals surface area contributed by atoms with Crippen molar-refractivity contribution >= 4 is 11.8 Å². The maximum atomic E-state index is 11.3. The van der Waals surface area contributed by atoms with Gasteiger partial charge in [-0.05, 0) is 48.1 Å². The Balaban J connectivity index is 1.33. The summed E-state index contributed by atoms with van der Waals surface area (Å²) in [6.07, 6.45) is 4.44. The highest BCUT2D eigenvalue weighted by atomic mass is 16.4. The quantitative estimate of drug-likeness (QED) is 0.563. The number of carboxylic acid groups (broad SMARTS) is 1. The summed E-state index contributed by atoms with van der Waals surface area (Å²) in [5.74, 6) is 0.586. The van der Waals surface area contributed by atoms with Crippen LogP contribution in [0.3, 0.4) is 0 Å². The summed E-state index contributed by atoms with van der Waals surface area (Å²) >= 11 is 0. The summed E-state index contributed by atoms with van der Waals surface area (Å²) in [5.41, 5.74) is 3.33. The zero-order chi connectivity index (χ0) is 20.8. The number of carbonyl (C=O) groups is 1. The molecule has 0 spiro atoms. The summed E-state index contributed by atoms with van der Waals surface area (Å²) in [6, 6.07) is 13.9. The third-order valence-corrected chi connectivity index (χ3v) is 5.36. The summed E-state index contributed by atoms with van der Waals surface area (Å²) < 4.78 is 0. The van der Waals surface area contributed by atoms with Crippen LogP contribution in [0.2, 0.25) is 0 Å². The van der Waals surface area contributed by atoms with Crippen molar-refractivity contribution in [1.82, 2.24) is 25.2 Å². The van der Waals surface area contributed by atoms with Crippen molar-refractivity contribution in [2.75, 3.05) is 11.9 Å². The summed E-state index contributed by atoms with van der Waals surface area (Å²) in [7, 11) is 0. The first-order chi connectivity index (χ1) is 14.7. The number of hydrogen-bond donors (Lipinski definition) is 2. The van der Waals surface area contributed by atoms with Crippen LogP contribution in [-0.4, -0.2) is 42.8 Å². The van der Waals surface area contributed by atoms with Gasteiger partial charge in [0.2, 0.25) is 0 Å². The molecule has 2 N–H and O–H groups in total. The van der Waals surface area contributed by atoms with Gasteiger partial charge in [-0.3, -0.25) is 4.79 Å². The van der Waals surface area contributed by atoms with E-state index in [0.717, 1.165) is 49.3 Å². The van der Waals surface area contributed by atoms with E-state index in [2.05, 4.69) is 32.9 Å². The number of tetrazole rings is 1. The number of carboxylic acids is 1. The molecule has 3 aromatic rings. The van der Waals surface area contributed by atoms with Crippen LogP contribution in [0.15, 0.2) is 42.5 Å². The molecule has 3 heterocycles. The van der Waals surface area contributed by atoms with Crippen molar-refractivity contribution in [3.63, 3.8) is 0 Å². The molecule has 0 saturated carbocycles. The first-order valence-electron chi connectivity index (χ1n) is 10.4. The molecule has 1 unspecified atom stereocenters. The summed E-state index contributed by atoms with van der Waals surface area (Å²) in [4.78, 5) is 17.6. The lowest BCUT2D eigenvalue weighted by molar-refractivity contribution is -0.137. The predicted octanol–water partition coefficient (Wildman–Crippen LogP) is 2.86. The number of hydrogen-bond acceptors (Lipinski definition) is 6. The fourth-order valence-corrected chi connectivity index (χ4v) is 3.83. The van der Waals surface area contributed by atoms with Crippen LogP contribution in [0.1, 0.15) is 47.8 Å². The van der Waals surface area contributed by atoms with Crippen molar-refractivity contribution in [2.24, 2.45) is 0 Å². The van der Waals surface area contributed by atoms with E-state index in [-0.39, 0.29) is 12.3 Å². The second-order valence-corrected chi connectivity index (χ2v) is 7.66. The lowest BCUT2D eigenvalue weighted by atomic mass is 9.92. The molecule has 30 heavy (non-hydrogen) atoms. The predicted molar refractivity (Wildman–Crippen MR) is 112 cm³/mol. The lowest BCUT2D eigenvalue weighted by Gasteiger charge is -2.17. The zero-order valence-electron chi connectivity index (χ0n) is 16.9. The van der Waals surface area contributed by atoms with E-state index in [1.54, 1.807) is 4.80 Å². The molecule has 1 aliphatic heterocycles. The van der Waals surface area contributed by atoms with Crippen LogP contribution >= 0.6 is 0 Å². The van der Waals surface area contributed by atoms with Crippen molar-refractivity contribution in [3.8, 4) is 0 Å². The number of benzene rings is 1. The number of aryl methyl sites for hydroxylation is 3. The van der Waals surface area contributed by atoms with E-state index in [1.807, 2.05) is 30.3 Å². The molecule has 156 valence electrons. The molecule has 0 amide bonds. The molecule has 0 radical (unpaired) electrons. The summed E-state index contributed by atoms with van der Waals surface area (Å²) in [6.45, 7) is 1.63. The lowest BCUT2D eigenvalue weighted by Crippen LogP contribution is -2.14. The Bertz CT molecular complexity index is 988. The monoisotopic (exact) mass is 406 g/mol. The normalized spacial score (nSPS) is 14.0. The van der Waals surface area contributed by atoms with Gasteiger partial charge in [-0.25, -0.2) is 4.98 Å². The van der Waals surface area contributed by atoms with Gasteiger partial charge in [0, 0.05) is 24.6 Å². The van der Waals surface area contributed by atoms with Crippen LogP contribution in [-0.2, 0) is 30.6 Å². The Kier molecular flexibility index (Phi) is 6.32. The smallest absolute Gasteiger partial charge is 0.303 e. The second kappa shape index (κ2) is 9.47. The number of pyridine rings is 1. The average molecular weight is 406 g/mol. The van der Waals surface area contributed by atoms with Gasteiger partial charge < -0.3 is 10.4 Å². The summed E-state index contributed by atoms with van der Waals surface area (Å²) in [5, 5.41) is 25.3. The Morgan fingerprint density at radius 3 is 2.90 bits per heavy atom. The average Bonchev–Trinajstić information content (AvgIpc) is 3.21. The fraction of sp³-hybridized carbons (Fsp3) is 0.409. The number of nitrogens with zero attached hydrogens (tertiary/aromatic N) is 5. The molecule has 0 aliphatic carbocycles. The van der Waals surface area contributed by atoms with Crippen molar-refractivity contribution in [2.45, 2.75) is 51.0 Å². The first-order valence-corrected chi connectivity index (χ1v) is 10.4. The van der Waals surface area contributed by atoms with Crippen LogP contribution in [0.4, 0.5) is 5.82 Å². The largest absolute Gasteiger partial charge is 0.481 e. The Morgan fingerprint density at radius 1 is 1.20 bits per heavy atom. The van der Waals surface area contributed by atoms with Crippen molar-refractivity contribution < 1.29 is 9.90 Å². The molecule has 1 aromatic carbocycles. The highest BCUT2D eigenvalue weighted by Gasteiger charge is 2.19. The minimum absolute atomic E-state index is 0.0383. The van der Waals surface area contributed by atoms with Crippen molar-refractivity contribution in [1.29, 1.82) is 0 Å². The third-order valence-electron chi connectivity index (χ3n) is 5.36. The van der Waals surface area contributed by atoms with Gasteiger partial charge in [0.25, 0.3) is 0 Å². The van der Waals surface area contributed by atoms with Gasteiger partial charge >= 0.3 is 5.97 Å². The van der Waals surface area contributed by atoms with Crippen LogP contribution in [0.25, 0.3) is 0 Å². The number of rotatable bonds is 9. The van der Waals surface area contributed by atoms with Gasteiger partial charge in [0.15, 0.2) is 5.82 Å². The second-order valence-electron chi connectivity index (χ2n) is 7.66. The molecule has 2 aromatic heterocycles. The highest BCUT2D eigenvalue weighted by molar-refractivity contribution is 5.68. The van der Waals surface area contributed by atoms with Crippen LogP contribution in [0.5, 0.6) is 0 Å².